The number of carbonyl (C=O) groups is 2. The van der Waals surface area contributed by atoms with Crippen LogP contribution in [0.2, 0.25) is 0 Å². The number of esters is 1. The summed E-state index contributed by atoms with van der Waals surface area (Å²) in [7, 11) is 0. The highest BCUT2D eigenvalue weighted by Crippen LogP contribution is 2.28. The van der Waals surface area contributed by atoms with Crippen molar-refractivity contribution in [2.45, 2.75) is 26.9 Å². The lowest BCUT2D eigenvalue weighted by Gasteiger charge is -2.22. The van der Waals surface area contributed by atoms with Crippen LogP contribution in [-0.2, 0) is 22.6 Å². The number of carboxylic acids is 1. The zero-order valence-corrected chi connectivity index (χ0v) is 13.4. The van der Waals surface area contributed by atoms with E-state index in [-0.39, 0.29) is 17.5 Å². The Hall–Kier alpha value is -2.14. The molecule has 0 saturated heterocycles. The number of hydrogen-bond acceptors (Lipinski definition) is 4. The first-order valence-electron chi connectivity index (χ1n) is 6.91. The highest BCUT2D eigenvalue weighted by Gasteiger charge is 2.31. The number of carbonyl (C=O) groups excluding carboxylic acids is 1. The summed E-state index contributed by atoms with van der Waals surface area (Å²) >= 11 is 1.17. The third-order valence-corrected chi connectivity index (χ3v) is 4.28. The highest BCUT2D eigenvalue weighted by molar-refractivity contribution is 7.12. The molecule has 0 spiro atoms. The molecule has 0 unspecified atom stereocenters. The van der Waals surface area contributed by atoms with Crippen LogP contribution < -0.4 is 0 Å². The van der Waals surface area contributed by atoms with Crippen LogP contribution in [0.3, 0.4) is 0 Å². The van der Waals surface area contributed by atoms with E-state index >= 15 is 0 Å². The molecule has 0 amide bonds. The second kappa shape index (κ2) is 6.75. The van der Waals surface area contributed by atoms with Gasteiger partial charge in [-0.3, -0.25) is 4.79 Å². The van der Waals surface area contributed by atoms with Gasteiger partial charge in [-0.2, -0.15) is 0 Å². The molecule has 5 heteroatoms. The van der Waals surface area contributed by atoms with Gasteiger partial charge in [-0.15, -0.1) is 11.3 Å². The minimum absolute atomic E-state index is 0.221. The standard InChI is InChI=1S/C17H18O4S/c1-17(2,10-13-8-9-22-14(13)15(18)19)16(20)21-11-12-6-4-3-5-7-12/h3-9H,10-11H2,1-2H3,(H,18,19). The molecule has 1 heterocycles. The minimum Gasteiger partial charge on any atom is -0.477 e. The van der Waals surface area contributed by atoms with Crippen LogP contribution in [0.5, 0.6) is 0 Å². The van der Waals surface area contributed by atoms with Crippen molar-refractivity contribution in [3.05, 3.63) is 57.8 Å². The van der Waals surface area contributed by atoms with Crippen molar-refractivity contribution in [2.24, 2.45) is 5.41 Å². The molecular formula is C17H18O4S. The molecule has 0 fully saturated rings. The normalized spacial score (nSPS) is 11.2. The lowest BCUT2D eigenvalue weighted by atomic mass is 9.86. The molecule has 22 heavy (non-hydrogen) atoms. The summed E-state index contributed by atoms with van der Waals surface area (Å²) in [4.78, 5) is 23.7. The average Bonchev–Trinajstić information content (AvgIpc) is 2.93. The summed E-state index contributed by atoms with van der Waals surface area (Å²) in [5.41, 5.74) is 0.813. The summed E-state index contributed by atoms with van der Waals surface area (Å²) in [5.74, 6) is -1.29. The van der Waals surface area contributed by atoms with Crippen LogP contribution in [-0.4, -0.2) is 17.0 Å². The maximum Gasteiger partial charge on any atom is 0.346 e. The molecule has 0 atom stereocenters. The molecule has 0 aliphatic heterocycles. The topological polar surface area (TPSA) is 63.6 Å². The highest BCUT2D eigenvalue weighted by atomic mass is 32.1. The van der Waals surface area contributed by atoms with E-state index in [4.69, 9.17) is 9.84 Å². The first-order chi connectivity index (χ1) is 10.4. The van der Waals surface area contributed by atoms with Gasteiger partial charge in [-0.25, -0.2) is 4.79 Å². The van der Waals surface area contributed by atoms with E-state index in [0.717, 1.165) is 5.56 Å². The van der Waals surface area contributed by atoms with Crippen LogP contribution in [0.25, 0.3) is 0 Å². The molecule has 0 radical (unpaired) electrons. The fourth-order valence-corrected chi connectivity index (χ4v) is 2.89. The van der Waals surface area contributed by atoms with Crippen LogP contribution >= 0.6 is 11.3 Å². The van der Waals surface area contributed by atoms with E-state index in [2.05, 4.69) is 0 Å². The maximum atomic E-state index is 12.3. The first kappa shape index (κ1) is 16.2. The monoisotopic (exact) mass is 318 g/mol. The number of benzene rings is 1. The summed E-state index contributed by atoms with van der Waals surface area (Å²) in [6.07, 6.45) is 0.339. The van der Waals surface area contributed by atoms with E-state index < -0.39 is 11.4 Å². The molecule has 1 aromatic heterocycles. The van der Waals surface area contributed by atoms with Crippen molar-refractivity contribution in [1.29, 1.82) is 0 Å². The van der Waals surface area contributed by atoms with E-state index in [9.17, 15) is 9.59 Å². The van der Waals surface area contributed by atoms with Gasteiger partial charge in [0, 0.05) is 0 Å². The van der Waals surface area contributed by atoms with Crippen molar-refractivity contribution in [3.8, 4) is 0 Å². The minimum atomic E-state index is -0.960. The van der Waals surface area contributed by atoms with Gasteiger partial charge in [0.05, 0.1) is 5.41 Å². The van der Waals surface area contributed by atoms with Gasteiger partial charge in [0.1, 0.15) is 11.5 Å². The lowest BCUT2D eigenvalue weighted by Crippen LogP contribution is -2.29. The molecule has 1 N–H and O–H groups in total. The molecule has 4 nitrogen and oxygen atoms in total. The number of thiophene rings is 1. The molecule has 0 bridgehead atoms. The predicted octanol–water partition coefficient (Wildman–Crippen LogP) is 3.76. The Balaban J connectivity index is 2.01. The number of carboxylic acid groups (broad SMARTS) is 1. The zero-order valence-electron chi connectivity index (χ0n) is 12.5. The molecule has 0 aliphatic rings. The molecule has 0 aliphatic carbocycles. The van der Waals surface area contributed by atoms with E-state index in [0.29, 0.717) is 12.0 Å². The van der Waals surface area contributed by atoms with Gasteiger partial charge >= 0.3 is 11.9 Å². The van der Waals surface area contributed by atoms with Crippen LogP contribution in [0.4, 0.5) is 0 Å². The first-order valence-corrected chi connectivity index (χ1v) is 7.79. The van der Waals surface area contributed by atoms with Gasteiger partial charge in [0.15, 0.2) is 0 Å². The van der Waals surface area contributed by atoms with Crippen LogP contribution in [0, 0.1) is 5.41 Å². The van der Waals surface area contributed by atoms with Gasteiger partial charge in [-0.05, 0) is 42.8 Å². The largest absolute Gasteiger partial charge is 0.477 e. The smallest absolute Gasteiger partial charge is 0.346 e. The lowest BCUT2D eigenvalue weighted by molar-refractivity contribution is -0.155. The number of rotatable bonds is 6. The fourth-order valence-electron chi connectivity index (χ4n) is 2.13. The second-order valence-electron chi connectivity index (χ2n) is 5.70. The average molecular weight is 318 g/mol. The summed E-state index contributed by atoms with van der Waals surface area (Å²) in [6, 6.07) is 11.2. The predicted molar refractivity (Wildman–Crippen MR) is 85.0 cm³/mol. The van der Waals surface area contributed by atoms with Crippen LogP contribution in [0.1, 0.15) is 34.6 Å². The van der Waals surface area contributed by atoms with Crippen molar-refractivity contribution in [3.63, 3.8) is 0 Å². The Morgan fingerprint density at radius 2 is 1.86 bits per heavy atom. The summed E-state index contributed by atoms with van der Waals surface area (Å²) in [5, 5.41) is 10.9. The summed E-state index contributed by atoms with van der Waals surface area (Å²) in [6.45, 7) is 3.76. The number of hydrogen-bond donors (Lipinski definition) is 1. The van der Waals surface area contributed by atoms with Crippen molar-refractivity contribution in [1.82, 2.24) is 0 Å². The molecule has 116 valence electrons. The molecule has 0 saturated carbocycles. The molecule has 2 rings (SSSR count). The van der Waals surface area contributed by atoms with Gasteiger partial charge < -0.3 is 9.84 Å². The van der Waals surface area contributed by atoms with E-state index in [1.807, 2.05) is 30.3 Å². The Labute approximate surface area is 133 Å². The number of ether oxygens (including phenoxy) is 1. The van der Waals surface area contributed by atoms with E-state index in [1.165, 1.54) is 11.3 Å². The quantitative estimate of drug-likeness (QED) is 0.824. The second-order valence-corrected chi connectivity index (χ2v) is 6.62. The van der Waals surface area contributed by atoms with Crippen molar-refractivity contribution < 1.29 is 19.4 Å². The summed E-state index contributed by atoms with van der Waals surface area (Å²) < 4.78 is 5.36. The van der Waals surface area contributed by atoms with Crippen LogP contribution in [0.15, 0.2) is 41.8 Å². The van der Waals surface area contributed by atoms with Gasteiger partial charge in [0.25, 0.3) is 0 Å². The third kappa shape index (κ3) is 3.95. The Kier molecular flexibility index (Phi) is 4.98. The van der Waals surface area contributed by atoms with E-state index in [1.54, 1.807) is 25.3 Å². The SMILES string of the molecule is CC(C)(Cc1ccsc1C(=O)O)C(=O)OCc1ccccc1. The maximum absolute atomic E-state index is 12.3. The number of aromatic carboxylic acids is 1. The van der Waals surface area contributed by atoms with Crippen molar-refractivity contribution >= 4 is 23.3 Å². The zero-order chi connectivity index (χ0) is 16.2. The van der Waals surface area contributed by atoms with Gasteiger partial charge in [-0.1, -0.05) is 30.3 Å². The Morgan fingerprint density at radius 1 is 1.18 bits per heavy atom. The molecule has 1 aromatic carbocycles. The van der Waals surface area contributed by atoms with Crippen molar-refractivity contribution in [2.75, 3.05) is 0 Å². The Bertz CT molecular complexity index is 658. The molecular weight excluding hydrogens is 300 g/mol. The fraction of sp³-hybridized carbons (Fsp3) is 0.294. The molecule has 2 aromatic rings. The Morgan fingerprint density at radius 3 is 2.50 bits per heavy atom. The third-order valence-electron chi connectivity index (χ3n) is 3.34. The van der Waals surface area contributed by atoms with Gasteiger partial charge in [0.2, 0.25) is 0 Å².